The molecule has 3 fully saturated rings. The fraction of sp³-hybridized carbons (Fsp3) is 1.00. The summed E-state index contributed by atoms with van der Waals surface area (Å²) in [4.78, 5) is 0. The molecule has 0 spiro atoms. The molecule has 3 rings (SSSR count). The smallest absolute Gasteiger partial charge is 0.190 e. The van der Waals surface area contributed by atoms with Gasteiger partial charge >= 0.3 is 0 Å². The lowest BCUT2D eigenvalue weighted by Crippen LogP contribution is -2.37. The normalized spacial score (nSPS) is 54.6. The van der Waals surface area contributed by atoms with E-state index < -0.39 is 18.2 Å². The molecule has 5 atom stereocenters. The predicted molar refractivity (Wildman–Crippen MR) is 44.4 cm³/mol. The number of epoxide rings is 1. The molecule has 3 heterocycles. The number of fused-ring (bicyclic) bond motifs is 1. The van der Waals surface area contributed by atoms with Crippen molar-refractivity contribution < 1.29 is 24.1 Å². The molecule has 14 heavy (non-hydrogen) atoms. The van der Waals surface area contributed by atoms with Crippen LogP contribution in [0.2, 0.25) is 0 Å². The maximum absolute atomic E-state index is 9.89. The molecule has 0 amide bonds. The Hall–Kier alpha value is -0.200. The van der Waals surface area contributed by atoms with E-state index in [1.54, 1.807) is 0 Å². The van der Waals surface area contributed by atoms with Crippen LogP contribution in [-0.2, 0) is 18.9 Å². The summed E-state index contributed by atoms with van der Waals surface area (Å²) in [7, 11) is 0. The van der Waals surface area contributed by atoms with E-state index in [0.717, 1.165) is 0 Å². The van der Waals surface area contributed by atoms with Crippen molar-refractivity contribution in [3.05, 3.63) is 0 Å². The number of hydrogen-bond donors (Lipinski definition) is 1. The first kappa shape index (κ1) is 9.06. The molecular formula is C9H14O5. The van der Waals surface area contributed by atoms with Crippen molar-refractivity contribution in [3.63, 3.8) is 0 Å². The average Bonchev–Trinajstić information content (AvgIpc) is 2.81. The van der Waals surface area contributed by atoms with E-state index in [2.05, 4.69) is 0 Å². The van der Waals surface area contributed by atoms with Gasteiger partial charge < -0.3 is 24.1 Å². The molecule has 0 aromatic rings. The van der Waals surface area contributed by atoms with Gasteiger partial charge in [-0.1, -0.05) is 0 Å². The quantitative estimate of drug-likeness (QED) is 0.587. The van der Waals surface area contributed by atoms with Crippen molar-refractivity contribution in [3.8, 4) is 0 Å². The summed E-state index contributed by atoms with van der Waals surface area (Å²) in [6, 6.07) is 0. The van der Waals surface area contributed by atoms with Crippen LogP contribution in [0.1, 0.15) is 13.8 Å². The second-order valence-corrected chi connectivity index (χ2v) is 4.43. The highest BCUT2D eigenvalue weighted by atomic mass is 16.8. The van der Waals surface area contributed by atoms with Crippen molar-refractivity contribution in [2.75, 3.05) is 6.61 Å². The van der Waals surface area contributed by atoms with Crippen LogP contribution in [0.15, 0.2) is 0 Å². The Morgan fingerprint density at radius 2 is 1.93 bits per heavy atom. The Balaban J connectivity index is 1.74. The highest BCUT2D eigenvalue weighted by Crippen LogP contribution is 2.40. The Bertz CT molecular complexity index is 248. The predicted octanol–water partition coefficient (Wildman–Crippen LogP) is -0.378. The molecule has 0 radical (unpaired) electrons. The minimum absolute atomic E-state index is 0.0194. The van der Waals surface area contributed by atoms with Crippen molar-refractivity contribution in [1.29, 1.82) is 0 Å². The maximum atomic E-state index is 9.89. The minimum Gasteiger partial charge on any atom is -0.387 e. The molecule has 0 aromatic carbocycles. The molecule has 0 aromatic heterocycles. The van der Waals surface area contributed by atoms with E-state index in [4.69, 9.17) is 18.9 Å². The average molecular weight is 202 g/mol. The zero-order chi connectivity index (χ0) is 9.92. The van der Waals surface area contributed by atoms with Gasteiger partial charge in [-0.05, 0) is 13.8 Å². The van der Waals surface area contributed by atoms with Crippen molar-refractivity contribution in [2.45, 2.75) is 50.3 Å². The van der Waals surface area contributed by atoms with Gasteiger partial charge in [0.2, 0.25) is 0 Å². The Labute approximate surface area is 81.9 Å². The van der Waals surface area contributed by atoms with Crippen LogP contribution in [-0.4, -0.2) is 48.2 Å². The maximum Gasteiger partial charge on any atom is 0.190 e. The Kier molecular flexibility index (Phi) is 1.73. The third-order valence-electron chi connectivity index (χ3n) is 2.78. The van der Waals surface area contributed by atoms with Crippen LogP contribution in [0.25, 0.3) is 0 Å². The molecule has 5 heteroatoms. The van der Waals surface area contributed by atoms with Crippen LogP contribution in [0.4, 0.5) is 0 Å². The number of aliphatic hydroxyl groups is 1. The summed E-state index contributed by atoms with van der Waals surface area (Å²) in [6.45, 7) is 4.28. The number of ether oxygens (including phenoxy) is 4. The van der Waals surface area contributed by atoms with Gasteiger partial charge in [-0.3, -0.25) is 0 Å². The van der Waals surface area contributed by atoms with E-state index in [0.29, 0.717) is 6.61 Å². The van der Waals surface area contributed by atoms with Crippen LogP contribution in [0.5, 0.6) is 0 Å². The van der Waals surface area contributed by atoms with Crippen LogP contribution in [0.3, 0.4) is 0 Å². The lowest BCUT2D eigenvalue weighted by atomic mass is 10.1. The first-order valence-electron chi connectivity index (χ1n) is 4.88. The molecule has 5 nitrogen and oxygen atoms in total. The molecule has 80 valence electrons. The van der Waals surface area contributed by atoms with Gasteiger partial charge in [0.1, 0.15) is 24.4 Å². The van der Waals surface area contributed by atoms with Crippen molar-refractivity contribution >= 4 is 0 Å². The van der Waals surface area contributed by atoms with Gasteiger partial charge in [0.15, 0.2) is 12.1 Å². The zero-order valence-corrected chi connectivity index (χ0v) is 8.17. The molecule has 0 bridgehead atoms. The SMILES string of the molecule is CC1(C)O[C@@H]2O[C@H]([C@@H]3CO3)[C@H](O)[C@H]2O1. The van der Waals surface area contributed by atoms with Crippen LogP contribution >= 0.6 is 0 Å². The van der Waals surface area contributed by atoms with Gasteiger partial charge in [0, 0.05) is 0 Å². The van der Waals surface area contributed by atoms with Crippen LogP contribution < -0.4 is 0 Å². The number of hydrogen-bond acceptors (Lipinski definition) is 5. The fourth-order valence-corrected chi connectivity index (χ4v) is 2.07. The third kappa shape index (κ3) is 1.28. The zero-order valence-electron chi connectivity index (χ0n) is 8.17. The monoisotopic (exact) mass is 202 g/mol. The van der Waals surface area contributed by atoms with Gasteiger partial charge in [-0.25, -0.2) is 0 Å². The molecular weight excluding hydrogens is 188 g/mol. The molecule has 1 N–H and O–H groups in total. The van der Waals surface area contributed by atoms with Gasteiger partial charge in [0.05, 0.1) is 6.61 Å². The number of rotatable bonds is 1. The summed E-state index contributed by atoms with van der Waals surface area (Å²) in [5.74, 6) is -0.661. The lowest BCUT2D eigenvalue weighted by molar-refractivity contribution is -0.216. The van der Waals surface area contributed by atoms with E-state index in [1.807, 2.05) is 13.8 Å². The molecule has 0 aliphatic carbocycles. The second-order valence-electron chi connectivity index (χ2n) is 4.43. The molecule has 0 saturated carbocycles. The van der Waals surface area contributed by atoms with Crippen molar-refractivity contribution in [2.24, 2.45) is 0 Å². The molecule has 0 unspecified atom stereocenters. The van der Waals surface area contributed by atoms with E-state index in [9.17, 15) is 5.11 Å². The highest BCUT2D eigenvalue weighted by molar-refractivity contribution is 4.98. The third-order valence-corrected chi connectivity index (χ3v) is 2.78. The van der Waals surface area contributed by atoms with E-state index in [1.165, 1.54) is 0 Å². The topological polar surface area (TPSA) is 60.5 Å². The summed E-state index contributed by atoms with van der Waals surface area (Å²) in [5, 5.41) is 9.89. The highest BCUT2D eigenvalue weighted by Gasteiger charge is 2.58. The molecule has 3 aliphatic rings. The van der Waals surface area contributed by atoms with Crippen LogP contribution in [0, 0.1) is 0 Å². The molecule has 3 saturated heterocycles. The van der Waals surface area contributed by atoms with Gasteiger partial charge in [-0.2, -0.15) is 0 Å². The Morgan fingerprint density at radius 1 is 1.21 bits per heavy atom. The standard InChI is InChI=1S/C9H14O5/c1-9(2)13-7-5(10)6(4-3-11-4)12-8(7)14-9/h4-8,10H,3H2,1-2H3/t4-,5-,6+,7+,8-/m0/s1. The Morgan fingerprint density at radius 3 is 2.50 bits per heavy atom. The van der Waals surface area contributed by atoms with Gasteiger partial charge in [0.25, 0.3) is 0 Å². The first-order chi connectivity index (χ1) is 6.57. The number of aliphatic hydroxyl groups excluding tert-OH is 1. The first-order valence-corrected chi connectivity index (χ1v) is 4.88. The van der Waals surface area contributed by atoms with E-state index in [-0.39, 0.29) is 18.3 Å². The summed E-state index contributed by atoms with van der Waals surface area (Å²) in [5.41, 5.74) is 0. The summed E-state index contributed by atoms with van der Waals surface area (Å²) >= 11 is 0. The summed E-state index contributed by atoms with van der Waals surface area (Å²) < 4.78 is 21.7. The van der Waals surface area contributed by atoms with Gasteiger partial charge in [-0.15, -0.1) is 0 Å². The molecule has 3 aliphatic heterocycles. The van der Waals surface area contributed by atoms with Crippen molar-refractivity contribution in [1.82, 2.24) is 0 Å². The summed E-state index contributed by atoms with van der Waals surface area (Å²) in [6.07, 6.45) is -1.74. The second kappa shape index (κ2) is 2.68. The lowest BCUT2D eigenvalue weighted by Gasteiger charge is -2.21. The van der Waals surface area contributed by atoms with E-state index >= 15 is 0 Å². The fourth-order valence-electron chi connectivity index (χ4n) is 2.07. The largest absolute Gasteiger partial charge is 0.387 e. The minimum atomic E-state index is -0.661.